The van der Waals surface area contributed by atoms with Gasteiger partial charge in [0.1, 0.15) is 5.69 Å². The molecular weight excluding hydrogens is 254 g/mol. The number of aromatic amines is 1. The molecule has 0 aliphatic heterocycles. The molecule has 5 heteroatoms. The van der Waals surface area contributed by atoms with Gasteiger partial charge in [0.25, 0.3) is 11.5 Å². The van der Waals surface area contributed by atoms with Crippen LogP contribution in [0.2, 0.25) is 0 Å². The lowest BCUT2D eigenvalue weighted by Gasteiger charge is -2.04. The quantitative estimate of drug-likeness (QED) is 0.646. The van der Waals surface area contributed by atoms with Gasteiger partial charge < -0.3 is 5.32 Å². The fraction of sp³-hybridized carbons (Fsp3) is 0.667. The van der Waals surface area contributed by atoms with E-state index < -0.39 is 0 Å². The van der Waals surface area contributed by atoms with Crippen molar-refractivity contribution in [2.24, 2.45) is 0 Å². The van der Waals surface area contributed by atoms with E-state index in [1.165, 1.54) is 50.7 Å². The molecule has 0 spiro atoms. The highest BCUT2D eigenvalue weighted by atomic mass is 16.2. The van der Waals surface area contributed by atoms with Crippen molar-refractivity contribution in [1.29, 1.82) is 0 Å². The standard InChI is InChI=1S/C15H25N3O2/c1-2-3-4-5-6-7-8-9-12-16-15(20)13-10-11-14(19)18-17-13/h10-11H,2-9,12H2,1H3,(H,16,20)(H,18,19). The highest BCUT2D eigenvalue weighted by Gasteiger charge is 2.05. The number of aromatic nitrogens is 2. The number of unbranched alkanes of at least 4 members (excludes halogenated alkanes) is 7. The molecule has 0 aliphatic rings. The SMILES string of the molecule is CCCCCCCCCCNC(=O)c1ccc(=O)[nH]n1. The van der Waals surface area contributed by atoms with Gasteiger partial charge in [-0.3, -0.25) is 9.59 Å². The number of carbonyl (C=O) groups excluding carboxylic acids is 1. The van der Waals surface area contributed by atoms with Crippen LogP contribution in [0.15, 0.2) is 16.9 Å². The monoisotopic (exact) mass is 279 g/mol. The zero-order valence-electron chi connectivity index (χ0n) is 12.3. The van der Waals surface area contributed by atoms with Crippen molar-refractivity contribution in [1.82, 2.24) is 15.5 Å². The molecule has 1 heterocycles. The molecule has 0 aromatic carbocycles. The minimum atomic E-state index is -0.301. The Morgan fingerprint density at radius 2 is 1.75 bits per heavy atom. The average Bonchev–Trinajstić information content (AvgIpc) is 2.46. The molecule has 0 unspecified atom stereocenters. The molecule has 0 saturated carbocycles. The molecule has 2 N–H and O–H groups in total. The average molecular weight is 279 g/mol. The van der Waals surface area contributed by atoms with Crippen molar-refractivity contribution in [3.05, 3.63) is 28.2 Å². The minimum absolute atomic E-state index is 0.232. The third-order valence-electron chi connectivity index (χ3n) is 3.23. The number of rotatable bonds is 10. The van der Waals surface area contributed by atoms with Crippen LogP contribution in [0.4, 0.5) is 0 Å². The van der Waals surface area contributed by atoms with Crippen molar-refractivity contribution in [3.63, 3.8) is 0 Å². The van der Waals surface area contributed by atoms with E-state index in [1.54, 1.807) is 0 Å². The molecule has 1 amide bonds. The Morgan fingerprint density at radius 3 is 2.35 bits per heavy atom. The smallest absolute Gasteiger partial charge is 0.271 e. The van der Waals surface area contributed by atoms with Crippen LogP contribution in [-0.2, 0) is 0 Å². The lowest BCUT2D eigenvalue weighted by molar-refractivity contribution is 0.0947. The van der Waals surface area contributed by atoms with Crippen LogP contribution in [0.3, 0.4) is 0 Å². The van der Waals surface area contributed by atoms with Crippen LogP contribution in [0.25, 0.3) is 0 Å². The van der Waals surface area contributed by atoms with E-state index in [4.69, 9.17) is 0 Å². The number of hydrogen-bond acceptors (Lipinski definition) is 3. The van der Waals surface area contributed by atoms with Crippen molar-refractivity contribution in [2.45, 2.75) is 58.3 Å². The van der Waals surface area contributed by atoms with Crippen LogP contribution in [0, 0.1) is 0 Å². The number of nitrogens with one attached hydrogen (secondary N) is 2. The molecule has 1 aromatic rings. The van der Waals surface area contributed by atoms with Crippen LogP contribution in [-0.4, -0.2) is 22.6 Å². The van der Waals surface area contributed by atoms with Gasteiger partial charge in [-0.05, 0) is 12.5 Å². The van der Waals surface area contributed by atoms with Gasteiger partial charge in [-0.15, -0.1) is 0 Å². The molecule has 1 rings (SSSR count). The van der Waals surface area contributed by atoms with Crippen molar-refractivity contribution >= 4 is 5.91 Å². The fourth-order valence-electron chi connectivity index (χ4n) is 2.02. The Hall–Kier alpha value is -1.65. The molecule has 0 atom stereocenters. The predicted molar refractivity (Wildman–Crippen MR) is 79.8 cm³/mol. The van der Waals surface area contributed by atoms with E-state index in [1.807, 2.05) is 0 Å². The normalized spacial score (nSPS) is 10.4. The summed E-state index contributed by atoms with van der Waals surface area (Å²) in [6.07, 6.45) is 9.93. The van der Waals surface area contributed by atoms with Gasteiger partial charge in [0.05, 0.1) is 0 Å². The molecule has 0 bridgehead atoms. The summed E-state index contributed by atoms with van der Waals surface area (Å²) in [5, 5.41) is 8.74. The van der Waals surface area contributed by atoms with Crippen LogP contribution in [0.5, 0.6) is 0 Å². The fourth-order valence-corrected chi connectivity index (χ4v) is 2.02. The third kappa shape index (κ3) is 7.07. The first-order valence-electron chi connectivity index (χ1n) is 7.58. The Morgan fingerprint density at radius 1 is 1.10 bits per heavy atom. The van der Waals surface area contributed by atoms with Gasteiger partial charge in [-0.25, -0.2) is 5.10 Å². The largest absolute Gasteiger partial charge is 0.351 e. The Bertz CT molecular complexity index is 422. The molecule has 0 aliphatic carbocycles. The number of hydrogen-bond donors (Lipinski definition) is 2. The Kier molecular flexibility index (Phi) is 8.35. The Balaban J connectivity index is 2.02. The predicted octanol–water partition coefficient (Wildman–Crippen LogP) is 2.64. The molecule has 0 fully saturated rings. The maximum absolute atomic E-state index is 11.7. The van der Waals surface area contributed by atoms with Gasteiger partial charge in [0.15, 0.2) is 0 Å². The highest BCUT2D eigenvalue weighted by molar-refractivity contribution is 5.91. The second-order valence-corrected chi connectivity index (χ2v) is 5.04. The van der Waals surface area contributed by atoms with Gasteiger partial charge in [-0.1, -0.05) is 51.9 Å². The molecule has 20 heavy (non-hydrogen) atoms. The topological polar surface area (TPSA) is 74.8 Å². The molecular formula is C15H25N3O2. The van der Waals surface area contributed by atoms with Crippen molar-refractivity contribution in [3.8, 4) is 0 Å². The number of H-pyrrole nitrogens is 1. The van der Waals surface area contributed by atoms with Gasteiger partial charge >= 0.3 is 0 Å². The highest BCUT2D eigenvalue weighted by Crippen LogP contribution is 2.07. The number of carbonyl (C=O) groups is 1. The first-order chi connectivity index (χ1) is 9.74. The maximum atomic E-state index is 11.7. The van der Waals surface area contributed by atoms with Gasteiger partial charge in [0.2, 0.25) is 0 Å². The minimum Gasteiger partial charge on any atom is -0.351 e. The zero-order valence-corrected chi connectivity index (χ0v) is 12.3. The molecule has 5 nitrogen and oxygen atoms in total. The summed E-state index contributed by atoms with van der Waals surface area (Å²) >= 11 is 0. The van der Waals surface area contributed by atoms with E-state index in [-0.39, 0.29) is 17.2 Å². The summed E-state index contributed by atoms with van der Waals surface area (Å²) in [5.41, 5.74) is -0.0474. The number of nitrogens with zero attached hydrogens (tertiary/aromatic N) is 1. The van der Waals surface area contributed by atoms with E-state index in [2.05, 4.69) is 22.4 Å². The molecule has 1 aromatic heterocycles. The van der Waals surface area contributed by atoms with Crippen molar-refractivity contribution < 1.29 is 4.79 Å². The van der Waals surface area contributed by atoms with E-state index in [0.29, 0.717) is 6.54 Å². The summed E-state index contributed by atoms with van der Waals surface area (Å²) in [5.74, 6) is -0.232. The van der Waals surface area contributed by atoms with E-state index in [9.17, 15) is 9.59 Å². The maximum Gasteiger partial charge on any atom is 0.271 e. The van der Waals surface area contributed by atoms with E-state index in [0.717, 1.165) is 12.8 Å². The third-order valence-corrected chi connectivity index (χ3v) is 3.23. The number of amides is 1. The summed E-state index contributed by atoms with van der Waals surface area (Å²) < 4.78 is 0. The van der Waals surface area contributed by atoms with Gasteiger partial charge in [-0.2, -0.15) is 5.10 Å². The Labute approximate surface area is 120 Å². The molecule has 0 saturated heterocycles. The van der Waals surface area contributed by atoms with Crippen LogP contribution >= 0.6 is 0 Å². The van der Waals surface area contributed by atoms with E-state index >= 15 is 0 Å². The zero-order chi connectivity index (χ0) is 14.6. The molecule has 0 radical (unpaired) electrons. The summed E-state index contributed by atoms with van der Waals surface area (Å²) in [6.45, 7) is 2.88. The summed E-state index contributed by atoms with van der Waals surface area (Å²) in [7, 11) is 0. The van der Waals surface area contributed by atoms with Gasteiger partial charge in [0, 0.05) is 12.6 Å². The van der Waals surface area contributed by atoms with Crippen LogP contribution in [0.1, 0.15) is 68.8 Å². The van der Waals surface area contributed by atoms with Crippen molar-refractivity contribution in [2.75, 3.05) is 6.54 Å². The lowest BCUT2D eigenvalue weighted by Crippen LogP contribution is -2.26. The first kappa shape index (κ1) is 16.4. The first-order valence-corrected chi connectivity index (χ1v) is 7.58. The van der Waals surface area contributed by atoms with Crippen LogP contribution < -0.4 is 10.9 Å². The lowest BCUT2D eigenvalue weighted by atomic mass is 10.1. The molecule has 112 valence electrons. The summed E-state index contributed by atoms with van der Waals surface area (Å²) in [6, 6.07) is 2.74. The second-order valence-electron chi connectivity index (χ2n) is 5.04. The second kappa shape index (κ2) is 10.2. The summed E-state index contributed by atoms with van der Waals surface area (Å²) in [4.78, 5) is 22.5.